The first kappa shape index (κ1) is 12.8. The number of hydrogen-bond acceptors (Lipinski definition) is 2. The lowest BCUT2D eigenvalue weighted by Gasteiger charge is -2.17. The van der Waals surface area contributed by atoms with Crippen molar-refractivity contribution in [3.05, 3.63) is 28.8 Å². The molecule has 0 atom stereocenters. The number of rotatable bonds is 4. The van der Waals surface area contributed by atoms with Gasteiger partial charge in [-0.25, -0.2) is 0 Å². The van der Waals surface area contributed by atoms with Crippen LogP contribution in [0, 0.1) is 0 Å². The zero-order valence-corrected chi connectivity index (χ0v) is 10.4. The largest absolute Gasteiger partial charge is 0.399 e. The number of nitrogen functional groups attached to an aromatic ring is 1. The maximum absolute atomic E-state index is 12.0. The Kier molecular flexibility index (Phi) is 4.62. The van der Waals surface area contributed by atoms with Crippen LogP contribution in [0.5, 0.6) is 0 Å². The van der Waals surface area contributed by atoms with Crippen LogP contribution in [-0.4, -0.2) is 24.4 Å². The van der Waals surface area contributed by atoms with E-state index in [-0.39, 0.29) is 5.91 Å². The number of hydrogen-bond donors (Lipinski definition) is 1. The summed E-state index contributed by atoms with van der Waals surface area (Å²) < 4.78 is 0. The molecule has 0 aromatic heterocycles. The lowest BCUT2D eigenvalue weighted by atomic mass is 10.1. The van der Waals surface area contributed by atoms with Crippen molar-refractivity contribution >= 4 is 23.2 Å². The van der Waals surface area contributed by atoms with E-state index in [0.29, 0.717) is 16.3 Å². The number of amides is 1. The molecule has 0 aliphatic heterocycles. The van der Waals surface area contributed by atoms with Crippen LogP contribution in [0.15, 0.2) is 18.2 Å². The Morgan fingerprint density at radius 3 is 2.69 bits per heavy atom. The van der Waals surface area contributed by atoms with Crippen molar-refractivity contribution in [1.29, 1.82) is 0 Å². The Labute approximate surface area is 101 Å². The summed E-state index contributed by atoms with van der Waals surface area (Å²) in [4.78, 5) is 13.7. The Bertz CT molecular complexity index is 359. The van der Waals surface area contributed by atoms with Gasteiger partial charge in [0.05, 0.1) is 0 Å². The number of carbonyl (C=O) groups is 1. The zero-order valence-electron chi connectivity index (χ0n) is 9.66. The summed E-state index contributed by atoms with van der Waals surface area (Å²) in [5.41, 5.74) is 6.70. The van der Waals surface area contributed by atoms with Gasteiger partial charge in [0, 0.05) is 29.9 Å². The van der Waals surface area contributed by atoms with Crippen molar-refractivity contribution in [2.75, 3.05) is 19.3 Å². The van der Waals surface area contributed by atoms with Crippen molar-refractivity contribution in [3.8, 4) is 0 Å². The summed E-state index contributed by atoms with van der Waals surface area (Å²) in [5, 5.41) is 0.493. The monoisotopic (exact) mass is 240 g/mol. The smallest absolute Gasteiger partial charge is 0.253 e. The first-order valence-corrected chi connectivity index (χ1v) is 5.74. The van der Waals surface area contributed by atoms with Crippen molar-refractivity contribution < 1.29 is 4.79 Å². The van der Waals surface area contributed by atoms with Gasteiger partial charge in [-0.3, -0.25) is 4.79 Å². The second-order valence-corrected chi connectivity index (χ2v) is 4.29. The molecule has 2 N–H and O–H groups in total. The van der Waals surface area contributed by atoms with E-state index >= 15 is 0 Å². The summed E-state index contributed by atoms with van der Waals surface area (Å²) in [6.45, 7) is 2.84. The molecule has 0 fully saturated rings. The minimum atomic E-state index is -0.0392. The highest BCUT2D eigenvalue weighted by Gasteiger charge is 2.12. The highest BCUT2D eigenvalue weighted by atomic mass is 35.5. The molecule has 0 radical (unpaired) electrons. The molecule has 0 aliphatic rings. The van der Waals surface area contributed by atoms with Crippen LogP contribution in [0.4, 0.5) is 5.69 Å². The maximum Gasteiger partial charge on any atom is 0.253 e. The van der Waals surface area contributed by atoms with E-state index in [4.69, 9.17) is 17.3 Å². The molecule has 0 bridgehead atoms. The summed E-state index contributed by atoms with van der Waals surface area (Å²) in [7, 11) is 1.79. The van der Waals surface area contributed by atoms with Crippen LogP contribution in [0.1, 0.15) is 30.1 Å². The van der Waals surface area contributed by atoms with Gasteiger partial charge in [0.1, 0.15) is 0 Å². The predicted octanol–water partition coefficient (Wildman–Crippen LogP) is 2.79. The van der Waals surface area contributed by atoms with Crippen LogP contribution in [0.2, 0.25) is 5.02 Å². The molecule has 0 spiro atoms. The van der Waals surface area contributed by atoms with Gasteiger partial charge in [0.25, 0.3) is 5.91 Å². The predicted molar refractivity (Wildman–Crippen MR) is 67.7 cm³/mol. The first-order chi connectivity index (χ1) is 7.54. The molecule has 1 aromatic rings. The van der Waals surface area contributed by atoms with Gasteiger partial charge in [-0.1, -0.05) is 24.9 Å². The average molecular weight is 241 g/mol. The number of halogens is 1. The molecule has 1 amide bonds. The Morgan fingerprint density at radius 1 is 1.44 bits per heavy atom. The molecule has 0 saturated heterocycles. The Balaban J connectivity index is 2.79. The van der Waals surface area contributed by atoms with Crippen molar-refractivity contribution in [3.63, 3.8) is 0 Å². The molecule has 0 aliphatic carbocycles. The molecule has 88 valence electrons. The number of benzene rings is 1. The van der Waals surface area contributed by atoms with Gasteiger partial charge in [-0.15, -0.1) is 0 Å². The van der Waals surface area contributed by atoms with Crippen LogP contribution in [0.25, 0.3) is 0 Å². The molecule has 0 heterocycles. The van der Waals surface area contributed by atoms with Crippen molar-refractivity contribution in [1.82, 2.24) is 4.90 Å². The molecule has 1 rings (SSSR count). The quantitative estimate of drug-likeness (QED) is 0.823. The third-order valence-electron chi connectivity index (χ3n) is 2.36. The van der Waals surface area contributed by atoms with Gasteiger partial charge in [0.2, 0.25) is 0 Å². The van der Waals surface area contributed by atoms with E-state index < -0.39 is 0 Å². The van der Waals surface area contributed by atoms with Gasteiger partial charge in [-0.05, 0) is 24.6 Å². The lowest BCUT2D eigenvalue weighted by Crippen LogP contribution is -2.27. The fourth-order valence-electron chi connectivity index (χ4n) is 1.45. The van der Waals surface area contributed by atoms with Gasteiger partial charge < -0.3 is 10.6 Å². The van der Waals surface area contributed by atoms with E-state index in [1.807, 2.05) is 0 Å². The SMILES string of the molecule is CCCCN(C)C(=O)c1cc(N)cc(Cl)c1. The number of nitrogens with zero attached hydrogens (tertiary/aromatic N) is 1. The van der Waals surface area contributed by atoms with E-state index in [1.54, 1.807) is 30.1 Å². The molecule has 16 heavy (non-hydrogen) atoms. The molecule has 0 unspecified atom stereocenters. The van der Waals surface area contributed by atoms with E-state index in [1.165, 1.54) is 0 Å². The second-order valence-electron chi connectivity index (χ2n) is 3.85. The van der Waals surface area contributed by atoms with E-state index in [2.05, 4.69) is 6.92 Å². The molecular formula is C12H17ClN2O. The summed E-state index contributed by atoms with van der Waals surface area (Å²) in [6, 6.07) is 4.92. The van der Waals surface area contributed by atoms with Crippen LogP contribution < -0.4 is 5.73 Å². The van der Waals surface area contributed by atoms with Gasteiger partial charge in [-0.2, -0.15) is 0 Å². The van der Waals surface area contributed by atoms with Gasteiger partial charge in [0.15, 0.2) is 0 Å². The maximum atomic E-state index is 12.0. The van der Waals surface area contributed by atoms with E-state index in [9.17, 15) is 4.79 Å². The summed E-state index contributed by atoms with van der Waals surface area (Å²) in [5.74, 6) is -0.0392. The number of carbonyl (C=O) groups excluding carboxylic acids is 1. The summed E-state index contributed by atoms with van der Waals surface area (Å²) >= 11 is 5.85. The number of nitrogens with two attached hydrogens (primary N) is 1. The fourth-order valence-corrected chi connectivity index (χ4v) is 1.70. The number of unbranched alkanes of at least 4 members (excludes halogenated alkanes) is 1. The standard InChI is InChI=1S/C12H17ClN2O/c1-3-4-5-15(2)12(16)9-6-10(13)8-11(14)7-9/h6-8H,3-5,14H2,1-2H3. The molecule has 3 nitrogen and oxygen atoms in total. The van der Waals surface area contributed by atoms with Crippen LogP contribution >= 0.6 is 11.6 Å². The highest BCUT2D eigenvalue weighted by Crippen LogP contribution is 2.17. The third kappa shape index (κ3) is 3.42. The van der Waals surface area contributed by atoms with Crippen molar-refractivity contribution in [2.45, 2.75) is 19.8 Å². The lowest BCUT2D eigenvalue weighted by molar-refractivity contribution is 0.0793. The zero-order chi connectivity index (χ0) is 12.1. The minimum Gasteiger partial charge on any atom is -0.399 e. The number of anilines is 1. The Hall–Kier alpha value is -1.22. The molecule has 0 saturated carbocycles. The van der Waals surface area contributed by atoms with Crippen molar-refractivity contribution in [2.24, 2.45) is 0 Å². The third-order valence-corrected chi connectivity index (χ3v) is 2.58. The molecule has 4 heteroatoms. The van der Waals surface area contributed by atoms with E-state index in [0.717, 1.165) is 19.4 Å². The molecular weight excluding hydrogens is 224 g/mol. The minimum absolute atomic E-state index is 0.0392. The summed E-state index contributed by atoms with van der Waals surface area (Å²) in [6.07, 6.45) is 2.06. The fraction of sp³-hybridized carbons (Fsp3) is 0.417. The van der Waals surface area contributed by atoms with Crippen LogP contribution in [0.3, 0.4) is 0 Å². The highest BCUT2D eigenvalue weighted by molar-refractivity contribution is 6.31. The normalized spacial score (nSPS) is 10.2. The van der Waals surface area contributed by atoms with Crippen LogP contribution in [-0.2, 0) is 0 Å². The Morgan fingerprint density at radius 2 is 2.12 bits per heavy atom. The second kappa shape index (κ2) is 5.75. The average Bonchev–Trinajstić information content (AvgIpc) is 2.23. The first-order valence-electron chi connectivity index (χ1n) is 5.36. The molecule has 1 aromatic carbocycles. The topological polar surface area (TPSA) is 46.3 Å². The van der Waals surface area contributed by atoms with Gasteiger partial charge >= 0.3 is 0 Å².